The van der Waals surface area contributed by atoms with Crippen molar-refractivity contribution in [1.82, 2.24) is 10.2 Å². The monoisotopic (exact) mass is 443 g/mol. The van der Waals surface area contributed by atoms with Crippen molar-refractivity contribution in [3.8, 4) is 0 Å². The summed E-state index contributed by atoms with van der Waals surface area (Å²) < 4.78 is 0. The van der Waals surface area contributed by atoms with Gasteiger partial charge in [-0.25, -0.2) is 4.79 Å². The minimum absolute atomic E-state index is 0.0424. The van der Waals surface area contributed by atoms with Crippen LogP contribution in [0.2, 0.25) is 0 Å². The second-order valence-corrected chi connectivity index (χ2v) is 9.40. The van der Waals surface area contributed by atoms with Crippen molar-refractivity contribution in [3.63, 3.8) is 0 Å². The molecule has 2 unspecified atom stereocenters. The van der Waals surface area contributed by atoms with Gasteiger partial charge in [-0.15, -0.1) is 0 Å². The van der Waals surface area contributed by atoms with Crippen LogP contribution in [-0.4, -0.2) is 51.2 Å². The number of rotatable bonds is 7. The molecule has 2 heterocycles. The molecule has 1 fully saturated rings. The Balaban J connectivity index is 1.95. The Kier molecular flexibility index (Phi) is 6.13. The van der Waals surface area contributed by atoms with Crippen LogP contribution < -0.4 is 10.6 Å². The number of carbonyl (C=O) groups is 5. The fourth-order valence-corrected chi connectivity index (χ4v) is 4.34. The van der Waals surface area contributed by atoms with Crippen molar-refractivity contribution >= 4 is 35.3 Å². The summed E-state index contributed by atoms with van der Waals surface area (Å²) in [6.07, 6.45) is 2.02. The Hall–Kier alpha value is -3.23. The summed E-state index contributed by atoms with van der Waals surface area (Å²) in [5.74, 6) is -3.34. The van der Waals surface area contributed by atoms with Gasteiger partial charge in [0.1, 0.15) is 11.6 Å². The number of anilines is 1. The fourth-order valence-electron chi connectivity index (χ4n) is 4.34. The van der Waals surface area contributed by atoms with Gasteiger partial charge in [-0.3, -0.25) is 29.4 Å². The smallest absolute Gasteiger partial charge is 0.329 e. The van der Waals surface area contributed by atoms with E-state index in [2.05, 4.69) is 10.6 Å². The SMILES string of the molecule is CCCCC(Nc1ccc2c(c1)C(=O)N(C1CCC(=O)NC1=O)C2=O)(C(=O)O)C(C)(C)C. The van der Waals surface area contributed by atoms with Crippen molar-refractivity contribution in [2.24, 2.45) is 5.41 Å². The van der Waals surface area contributed by atoms with Gasteiger partial charge in [0, 0.05) is 12.1 Å². The Labute approximate surface area is 186 Å². The van der Waals surface area contributed by atoms with Gasteiger partial charge in [0.05, 0.1) is 11.1 Å². The van der Waals surface area contributed by atoms with Gasteiger partial charge in [-0.2, -0.15) is 0 Å². The van der Waals surface area contributed by atoms with E-state index < -0.39 is 46.6 Å². The molecule has 0 aromatic heterocycles. The molecule has 2 aliphatic rings. The summed E-state index contributed by atoms with van der Waals surface area (Å²) in [6, 6.07) is 3.47. The third-order valence-electron chi connectivity index (χ3n) is 6.35. The maximum atomic E-state index is 13.1. The van der Waals surface area contributed by atoms with E-state index in [-0.39, 0.29) is 24.0 Å². The number of carbonyl (C=O) groups excluding carboxylic acids is 4. The molecule has 3 N–H and O–H groups in total. The molecule has 2 atom stereocenters. The predicted molar refractivity (Wildman–Crippen MR) is 116 cm³/mol. The van der Waals surface area contributed by atoms with Gasteiger partial charge < -0.3 is 10.4 Å². The van der Waals surface area contributed by atoms with E-state index in [1.54, 1.807) is 6.07 Å². The summed E-state index contributed by atoms with van der Waals surface area (Å²) >= 11 is 0. The number of hydrogen-bond acceptors (Lipinski definition) is 6. The number of amides is 4. The highest BCUT2D eigenvalue weighted by Crippen LogP contribution is 2.39. The van der Waals surface area contributed by atoms with Gasteiger partial charge in [0.2, 0.25) is 11.8 Å². The summed E-state index contributed by atoms with van der Waals surface area (Å²) in [6.45, 7) is 7.52. The first-order valence-electron chi connectivity index (χ1n) is 10.8. The van der Waals surface area contributed by atoms with E-state index in [4.69, 9.17) is 0 Å². The molecule has 0 saturated carbocycles. The Morgan fingerprint density at radius 3 is 2.38 bits per heavy atom. The van der Waals surface area contributed by atoms with Gasteiger partial charge >= 0.3 is 5.97 Å². The molecule has 9 nitrogen and oxygen atoms in total. The Morgan fingerprint density at radius 1 is 1.16 bits per heavy atom. The van der Waals surface area contributed by atoms with Crippen LogP contribution >= 0.6 is 0 Å². The second-order valence-electron chi connectivity index (χ2n) is 9.40. The zero-order valence-corrected chi connectivity index (χ0v) is 18.8. The van der Waals surface area contributed by atoms with Crippen LogP contribution in [0.4, 0.5) is 5.69 Å². The van der Waals surface area contributed by atoms with E-state index in [0.717, 1.165) is 11.3 Å². The van der Waals surface area contributed by atoms with E-state index >= 15 is 0 Å². The summed E-state index contributed by atoms with van der Waals surface area (Å²) in [5, 5.41) is 15.4. The van der Waals surface area contributed by atoms with Crippen molar-refractivity contribution in [1.29, 1.82) is 0 Å². The molecule has 3 rings (SSSR count). The topological polar surface area (TPSA) is 133 Å². The van der Waals surface area contributed by atoms with Gasteiger partial charge in [0.25, 0.3) is 11.8 Å². The highest BCUT2D eigenvalue weighted by atomic mass is 16.4. The molecule has 172 valence electrons. The van der Waals surface area contributed by atoms with Crippen LogP contribution in [0.25, 0.3) is 0 Å². The third-order valence-corrected chi connectivity index (χ3v) is 6.35. The number of nitrogens with zero attached hydrogens (tertiary/aromatic N) is 1. The molecule has 0 aliphatic carbocycles. The number of carboxylic acids is 1. The number of aliphatic carboxylic acids is 1. The number of piperidine rings is 1. The number of hydrogen-bond donors (Lipinski definition) is 3. The second kappa shape index (κ2) is 8.37. The lowest BCUT2D eigenvalue weighted by Crippen LogP contribution is -2.56. The minimum Gasteiger partial charge on any atom is -0.479 e. The third kappa shape index (κ3) is 3.87. The van der Waals surface area contributed by atoms with Crippen LogP contribution in [0.15, 0.2) is 18.2 Å². The minimum atomic E-state index is -1.29. The standard InChI is InChI=1S/C23H29N3O6/c1-5-6-11-23(21(31)32,22(2,3)4)25-13-7-8-14-15(12-13)20(30)26(19(14)29)16-9-10-17(27)24-18(16)28/h7-8,12,16,25H,5-6,9-11H2,1-4H3,(H,31,32)(H,24,27,28). The zero-order valence-electron chi connectivity index (χ0n) is 18.8. The molecule has 0 spiro atoms. The number of nitrogens with one attached hydrogen (secondary N) is 2. The molecule has 1 saturated heterocycles. The zero-order chi connectivity index (χ0) is 23.8. The molecule has 9 heteroatoms. The number of fused-ring (bicyclic) bond motifs is 1. The average molecular weight is 444 g/mol. The molecular weight excluding hydrogens is 414 g/mol. The summed E-state index contributed by atoms with van der Waals surface area (Å²) in [7, 11) is 0. The van der Waals surface area contributed by atoms with Gasteiger partial charge in [-0.1, -0.05) is 40.5 Å². The Morgan fingerprint density at radius 2 is 1.81 bits per heavy atom. The van der Waals surface area contributed by atoms with Crippen molar-refractivity contribution in [3.05, 3.63) is 29.3 Å². The molecule has 4 amide bonds. The molecule has 1 aromatic rings. The van der Waals surface area contributed by atoms with Crippen molar-refractivity contribution in [2.45, 2.75) is 71.4 Å². The molecule has 0 radical (unpaired) electrons. The Bertz CT molecular complexity index is 996. The molecule has 32 heavy (non-hydrogen) atoms. The highest BCUT2D eigenvalue weighted by Gasteiger charge is 2.49. The first-order chi connectivity index (χ1) is 14.9. The maximum Gasteiger partial charge on any atom is 0.329 e. The van der Waals surface area contributed by atoms with Crippen molar-refractivity contribution in [2.75, 3.05) is 5.32 Å². The first kappa shape index (κ1) is 23.4. The lowest BCUT2D eigenvalue weighted by Gasteiger charge is -2.42. The summed E-state index contributed by atoms with van der Waals surface area (Å²) in [5.41, 5.74) is -1.27. The largest absolute Gasteiger partial charge is 0.479 e. The van der Waals surface area contributed by atoms with Gasteiger partial charge in [-0.05, 0) is 36.5 Å². The van der Waals surface area contributed by atoms with Crippen LogP contribution in [-0.2, 0) is 14.4 Å². The maximum absolute atomic E-state index is 13.1. The predicted octanol–water partition coefficient (Wildman–Crippen LogP) is 2.56. The molecular formula is C23H29N3O6. The van der Waals surface area contributed by atoms with E-state index in [9.17, 15) is 29.1 Å². The quantitative estimate of drug-likeness (QED) is 0.552. The lowest BCUT2D eigenvalue weighted by atomic mass is 9.70. The summed E-state index contributed by atoms with van der Waals surface area (Å²) in [4.78, 5) is 62.8. The van der Waals surface area contributed by atoms with Crippen molar-refractivity contribution < 1.29 is 29.1 Å². The van der Waals surface area contributed by atoms with Gasteiger partial charge in [0.15, 0.2) is 0 Å². The van der Waals surface area contributed by atoms with Crippen LogP contribution in [0.1, 0.15) is 80.5 Å². The number of carboxylic acid groups (broad SMARTS) is 1. The van der Waals surface area contributed by atoms with Crippen LogP contribution in [0, 0.1) is 5.41 Å². The number of unbranched alkanes of at least 4 members (excludes halogenated alkanes) is 1. The van der Waals surface area contributed by atoms with E-state index in [1.165, 1.54) is 12.1 Å². The first-order valence-corrected chi connectivity index (χ1v) is 10.8. The normalized spacial score (nSPS) is 20.6. The molecule has 0 bridgehead atoms. The number of imide groups is 2. The van der Waals surface area contributed by atoms with E-state index in [0.29, 0.717) is 18.5 Å². The number of benzene rings is 1. The van der Waals surface area contributed by atoms with Crippen LogP contribution in [0.5, 0.6) is 0 Å². The van der Waals surface area contributed by atoms with Crippen LogP contribution in [0.3, 0.4) is 0 Å². The highest BCUT2D eigenvalue weighted by molar-refractivity contribution is 6.23. The van der Waals surface area contributed by atoms with E-state index in [1.807, 2.05) is 27.7 Å². The average Bonchev–Trinajstić information content (AvgIpc) is 2.94. The molecule has 2 aliphatic heterocycles. The molecule has 1 aromatic carbocycles. The fraction of sp³-hybridized carbons (Fsp3) is 0.522. The lowest BCUT2D eigenvalue weighted by molar-refractivity contribution is -0.147.